The van der Waals surface area contributed by atoms with Crippen LogP contribution in [0.5, 0.6) is 0 Å². The van der Waals surface area contributed by atoms with E-state index < -0.39 is 4.92 Å². The summed E-state index contributed by atoms with van der Waals surface area (Å²) in [5.74, 6) is 0.944. The van der Waals surface area contributed by atoms with Gasteiger partial charge in [0, 0.05) is 31.8 Å². The fourth-order valence-corrected chi connectivity index (χ4v) is 2.50. The lowest BCUT2D eigenvalue weighted by Gasteiger charge is -2.30. The van der Waals surface area contributed by atoms with E-state index in [-0.39, 0.29) is 11.7 Å². The zero-order valence-electron chi connectivity index (χ0n) is 12.7. The van der Waals surface area contributed by atoms with Gasteiger partial charge in [0.1, 0.15) is 0 Å². The van der Waals surface area contributed by atoms with Crippen LogP contribution < -0.4 is 5.32 Å². The van der Waals surface area contributed by atoms with Crippen LogP contribution in [0.1, 0.15) is 23.3 Å². The van der Waals surface area contributed by atoms with Crippen molar-refractivity contribution < 1.29 is 9.45 Å². The van der Waals surface area contributed by atoms with Crippen molar-refractivity contribution in [1.29, 1.82) is 0 Å². The van der Waals surface area contributed by atoms with E-state index in [9.17, 15) is 10.1 Å². The molecular formula is C15H17N5O3. The number of rotatable bonds is 4. The Morgan fingerprint density at radius 3 is 3.04 bits per heavy atom. The van der Waals surface area contributed by atoms with Gasteiger partial charge >= 0.3 is 0 Å². The highest BCUT2D eigenvalue weighted by molar-refractivity contribution is 5.71. The summed E-state index contributed by atoms with van der Waals surface area (Å²) >= 11 is 0. The zero-order valence-corrected chi connectivity index (χ0v) is 12.7. The van der Waals surface area contributed by atoms with Crippen molar-refractivity contribution in [1.82, 2.24) is 20.4 Å². The average Bonchev–Trinajstić information content (AvgIpc) is 3.02. The van der Waals surface area contributed by atoms with Crippen molar-refractivity contribution in [3.63, 3.8) is 0 Å². The second-order valence-corrected chi connectivity index (χ2v) is 5.34. The van der Waals surface area contributed by atoms with Gasteiger partial charge in [-0.25, -0.2) is 0 Å². The van der Waals surface area contributed by atoms with Gasteiger partial charge in [-0.1, -0.05) is 17.3 Å². The van der Waals surface area contributed by atoms with Gasteiger partial charge in [0.05, 0.1) is 16.5 Å². The van der Waals surface area contributed by atoms with Crippen LogP contribution in [0, 0.1) is 10.1 Å². The normalized spacial score (nSPS) is 19.3. The van der Waals surface area contributed by atoms with E-state index in [1.54, 1.807) is 30.4 Å². The molecule has 1 N–H and O–H groups in total. The van der Waals surface area contributed by atoms with E-state index in [4.69, 9.17) is 4.52 Å². The van der Waals surface area contributed by atoms with Gasteiger partial charge in [-0.05, 0) is 19.2 Å². The molecule has 0 spiro atoms. The molecule has 1 saturated heterocycles. The molecule has 8 heteroatoms. The molecule has 1 aliphatic rings. The number of nitro groups is 1. The molecule has 0 aliphatic carbocycles. The molecule has 3 rings (SSSR count). The van der Waals surface area contributed by atoms with E-state index >= 15 is 0 Å². The van der Waals surface area contributed by atoms with Crippen LogP contribution in [-0.4, -0.2) is 46.6 Å². The Labute approximate surface area is 132 Å². The Morgan fingerprint density at radius 2 is 2.26 bits per heavy atom. The van der Waals surface area contributed by atoms with Gasteiger partial charge in [0.2, 0.25) is 0 Å². The van der Waals surface area contributed by atoms with Crippen molar-refractivity contribution in [2.24, 2.45) is 0 Å². The summed E-state index contributed by atoms with van der Waals surface area (Å²) in [5.41, 5.74) is 0.536. The molecule has 1 fully saturated rings. The topological polar surface area (TPSA) is 97.3 Å². The molecule has 1 aromatic heterocycles. The van der Waals surface area contributed by atoms with Crippen molar-refractivity contribution in [3.8, 4) is 0 Å². The standard InChI is InChI=1S/C15H17N5O3/c1-19-9-8-16-10-13(19)15-17-14(23-18-15)7-6-11-4-2-3-5-12(11)20(21)22/h2-7,13,16H,8-10H2,1H3/b7-6+. The fourth-order valence-electron chi connectivity index (χ4n) is 2.50. The van der Waals surface area contributed by atoms with Gasteiger partial charge in [-0.3, -0.25) is 15.0 Å². The number of para-hydroxylation sites is 1. The SMILES string of the molecule is CN1CCNCC1c1noc(/C=C/c2ccccc2[N+](=O)[O-])n1. The fraction of sp³-hybridized carbons (Fsp3) is 0.333. The minimum atomic E-state index is -0.415. The number of hydrogen-bond donors (Lipinski definition) is 1. The zero-order chi connectivity index (χ0) is 16.2. The molecule has 0 saturated carbocycles. The Kier molecular flexibility index (Phi) is 4.45. The number of nitro benzene ring substituents is 1. The van der Waals surface area contributed by atoms with Crippen LogP contribution in [-0.2, 0) is 0 Å². The van der Waals surface area contributed by atoms with E-state index in [0.29, 0.717) is 17.3 Å². The summed E-state index contributed by atoms with van der Waals surface area (Å²) in [6, 6.07) is 6.58. The summed E-state index contributed by atoms with van der Waals surface area (Å²) in [6.45, 7) is 2.62. The maximum Gasteiger partial charge on any atom is 0.276 e. The third-order valence-electron chi connectivity index (χ3n) is 3.81. The molecule has 120 valence electrons. The summed E-state index contributed by atoms with van der Waals surface area (Å²) < 4.78 is 5.22. The molecule has 0 bridgehead atoms. The van der Waals surface area contributed by atoms with Crippen LogP contribution >= 0.6 is 0 Å². The third-order valence-corrected chi connectivity index (χ3v) is 3.81. The third kappa shape index (κ3) is 3.43. The van der Waals surface area contributed by atoms with Crippen molar-refractivity contribution >= 4 is 17.8 Å². The van der Waals surface area contributed by atoms with E-state index in [1.165, 1.54) is 6.07 Å². The van der Waals surface area contributed by atoms with E-state index in [1.807, 2.05) is 7.05 Å². The number of benzene rings is 1. The first kappa shape index (κ1) is 15.3. The largest absolute Gasteiger partial charge is 0.335 e. The molecule has 2 aromatic rings. The Balaban J connectivity index is 1.78. The summed E-state index contributed by atoms with van der Waals surface area (Å²) in [6.07, 6.45) is 3.20. The monoisotopic (exact) mass is 315 g/mol. The van der Waals surface area contributed by atoms with Gasteiger partial charge in [-0.15, -0.1) is 0 Å². The molecule has 1 atom stereocenters. The molecular weight excluding hydrogens is 298 g/mol. The van der Waals surface area contributed by atoms with Crippen molar-refractivity contribution in [2.75, 3.05) is 26.7 Å². The highest BCUT2D eigenvalue weighted by Gasteiger charge is 2.24. The van der Waals surface area contributed by atoms with Crippen LogP contribution in [0.25, 0.3) is 12.2 Å². The molecule has 0 amide bonds. The van der Waals surface area contributed by atoms with Crippen LogP contribution in [0.3, 0.4) is 0 Å². The average molecular weight is 315 g/mol. The number of nitrogens with zero attached hydrogens (tertiary/aromatic N) is 4. The summed E-state index contributed by atoms with van der Waals surface area (Å²) in [7, 11) is 2.02. The molecule has 1 aliphatic heterocycles. The second kappa shape index (κ2) is 6.67. The first-order valence-electron chi connectivity index (χ1n) is 7.31. The predicted octanol–water partition coefficient (Wildman–Crippen LogP) is 1.72. The lowest BCUT2D eigenvalue weighted by molar-refractivity contribution is -0.385. The van der Waals surface area contributed by atoms with Crippen LogP contribution in [0.4, 0.5) is 5.69 Å². The highest BCUT2D eigenvalue weighted by Crippen LogP contribution is 2.21. The molecule has 1 unspecified atom stereocenters. The van der Waals surface area contributed by atoms with Gasteiger partial charge in [0.25, 0.3) is 11.6 Å². The highest BCUT2D eigenvalue weighted by atomic mass is 16.6. The van der Waals surface area contributed by atoms with Crippen LogP contribution in [0.15, 0.2) is 28.8 Å². The molecule has 23 heavy (non-hydrogen) atoms. The summed E-state index contributed by atoms with van der Waals surface area (Å²) in [4.78, 5) is 17.1. The van der Waals surface area contributed by atoms with Crippen molar-refractivity contribution in [2.45, 2.75) is 6.04 Å². The number of piperazine rings is 1. The van der Waals surface area contributed by atoms with E-state index in [2.05, 4.69) is 20.4 Å². The van der Waals surface area contributed by atoms with Crippen molar-refractivity contribution in [3.05, 3.63) is 51.7 Å². The maximum absolute atomic E-state index is 11.0. The quantitative estimate of drug-likeness (QED) is 0.677. The predicted molar refractivity (Wildman–Crippen MR) is 84.6 cm³/mol. The Morgan fingerprint density at radius 1 is 1.43 bits per heavy atom. The number of likely N-dealkylation sites (N-methyl/N-ethyl adjacent to an activating group) is 1. The molecule has 1 aromatic carbocycles. The lowest BCUT2D eigenvalue weighted by Crippen LogP contribution is -2.44. The van der Waals surface area contributed by atoms with Gasteiger partial charge in [-0.2, -0.15) is 4.98 Å². The smallest absolute Gasteiger partial charge is 0.276 e. The Hall–Kier alpha value is -2.58. The minimum absolute atomic E-state index is 0.0414. The Bertz CT molecular complexity index is 727. The minimum Gasteiger partial charge on any atom is -0.335 e. The molecule has 8 nitrogen and oxygen atoms in total. The lowest BCUT2D eigenvalue weighted by atomic mass is 10.1. The van der Waals surface area contributed by atoms with Gasteiger partial charge in [0.15, 0.2) is 5.82 Å². The van der Waals surface area contributed by atoms with E-state index in [0.717, 1.165) is 19.6 Å². The van der Waals surface area contributed by atoms with Gasteiger partial charge < -0.3 is 9.84 Å². The summed E-state index contributed by atoms with van der Waals surface area (Å²) in [5, 5.41) is 18.3. The first-order chi connectivity index (χ1) is 11.1. The first-order valence-corrected chi connectivity index (χ1v) is 7.31. The molecule has 2 heterocycles. The number of aromatic nitrogens is 2. The molecule has 0 radical (unpaired) electrons. The number of hydrogen-bond acceptors (Lipinski definition) is 7. The second-order valence-electron chi connectivity index (χ2n) is 5.34. The maximum atomic E-state index is 11.0. The number of nitrogens with one attached hydrogen (secondary N) is 1. The van der Waals surface area contributed by atoms with Crippen LogP contribution in [0.2, 0.25) is 0 Å².